The Balaban J connectivity index is 1.55. The van der Waals surface area contributed by atoms with Gasteiger partial charge in [-0.25, -0.2) is 0 Å². The van der Waals surface area contributed by atoms with Crippen LogP contribution in [0.4, 0.5) is 0 Å². The Morgan fingerprint density at radius 1 is 0.897 bits per heavy atom. The largest absolute Gasteiger partial charge is 0.494 e. The number of nitrogens with one attached hydrogen (secondary N) is 1. The molecule has 3 aromatic rings. The number of nitrogens with zero attached hydrogens (tertiary/aromatic N) is 1. The van der Waals surface area contributed by atoms with Crippen LogP contribution in [0.15, 0.2) is 72.8 Å². The SMILES string of the molecule is O=C(NC1CCCC1)[C@@H](Cc1ccccc1)N(Cc1c(Cl)cccc1Cl)C(=O)CCCOc1ccc(Cl)cc1. The van der Waals surface area contributed by atoms with Crippen LogP contribution in [-0.4, -0.2) is 35.4 Å². The third-order valence-electron chi connectivity index (χ3n) is 6.98. The minimum absolute atomic E-state index is 0.129. The Bertz CT molecular complexity index is 1210. The standard InChI is InChI=1S/C31H33Cl3N2O3/c32-23-15-17-25(18-16-23)39-19-7-14-30(37)36(21-26-27(33)12-6-13-28(26)34)29(20-22-8-2-1-3-9-22)31(38)35-24-10-4-5-11-24/h1-3,6,8-9,12-13,15-18,24,29H,4-5,7,10-11,14,19-21H2,(H,35,38)/t29-/m1/s1. The second-order valence-electron chi connectivity index (χ2n) is 9.82. The summed E-state index contributed by atoms with van der Waals surface area (Å²) in [5, 5.41) is 4.76. The van der Waals surface area contributed by atoms with Crippen molar-refractivity contribution >= 4 is 46.6 Å². The van der Waals surface area contributed by atoms with Crippen LogP contribution >= 0.6 is 34.8 Å². The maximum Gasteiger partial charge on any atom is 0.243 e. The second-order valence-corrected chi connectivity index (χ2v) is 11.1. The molecule has 0 bridgehead atoms. The van der Waals surface area contributed by atoms with E-state index in [2.05, 4.69) is 5.32 Å². The number of halogens is 3. The van der Waals surface area contributed by atoms with Crippen LogP contribution in [0.25, 0.3) is 0 Å². The Morgan fingerprint density at radius 3 is 2.23 bits per heavy atom. The van der Waals surface area contributed by atoms with Crippen molar-refractivity contribution in [3.05, 3.63) is 99.0 Å². The first kappa shape index (κ1) is 29.3. The average Bonchev–Trinajstić information content (AvgIpc) is 3.44. The van der Waals surface area contributed by atoms with E-state index in [1.807, 2.05) is 30.3 Å². The topological polar surface area (TPSA) is 58.6 Å². The van der Waals surface area contributed by atoms with Crippen LogP contribution in [0.1, 0.15) is 49.7 Å². The molecule has 1 N–H and O–H groups in total. The minimum atomic E-state index is -0.718. The smallest absolute Gasteiger partial charge is 0.243 e. The average molecular weight is 588 g/mol. The van der Waals surface area contributed by atoms with E-state index in [1.165, 1.54) is 0 Å². The number of ether oxygens (including phenoxy) is 1. The molecule has 0 saturated heterocycles. The molecule has 1 aliphatic rings. The van der Waals surface area contributed by atoms with Crippen molar-refractivity contribution in [2.45, 2.75) is 63.6 Å². The van der Waals surface area contributed by atoms with Gasteiger partial charge in [-0.3, -0.25) is 9.59 Å². The molecule has 8 heteroatoms. The van der Waals surface area contributed by atoms with Gasteiger partial charge in [-0.15, -0.1) is 0 Å². The summed E-state index contributed by atoms with van der Waals surface area (Å²) < 4.78 is 5.79. The van der Waals surface area contributed by atoms with Gasteiger partial charge in [0.05, 0.1) is 6.61 Å². The molecule has 5 nitrogen and oxygen atoms in total. The molecule has 3 aromatic carbocycles. The molecule has 0 unspecified atom stereocenters. The maximum atomic E-state index is 13.8. The first-order chi connectivity index (χ1) is 18.9. The van der Waals surface area contributed by atoms with E-state index in [0.717, 1.165) is 31.2 Å². The molecule has 39 heavy (non-hydrogen) atoms. The Hall–Kier alpha value is -2.73. The monoisotopic (exact) mass is 586 g/mol. The van der Waals surface area contributed by atoms with Crippen LogP contribution in [0.5, 0.6) is 5.75 Å². The number of rotatable bonds is 12. The highest BCUT2D eigenvalue weighted by Gasteiger charge is 2.32. The van der Waals surface area contributed by atoms with Gasteiger partial charge in [0.15, 0.2) is 0 Å². The predicted molar refractivity (Wildman–Crippen MR) is 158 cm³/mol. The van der Waals surface area contributed by atoms with E-state index >= 15 is 0 Å². The predicted octanol–water partition coefficient (Wildman–Crippen LogP) is 7.50. The molecule has 1 atom stereocenters. The lowest BCUT2D eigenvalue weighted by Gasteiger charge is -2.33. The molecule has 206 valence electrons. The van der Waals surface area contributed by atoms with E-state index in [9.17, 15) is 9.59 Å². The molecule has 0 radical (unpaired) electrons. The van der Waals surface area contributed by atoms with Gasteiger partial charge in [0.25, 0.3) is 0 Å². The minimum Gasteiger partial charge on any atom is -0.494 e. The van der Waals surface area contributed by atoms with Crippen molar-refractivity contribution in [2.75, 3.05) is 6.61 Å². The lowest BCUT2D eigenvalue weighted by molar-refractivity contribution is -0.141. The van der Waals surface area contributed by atoms with Crippen molar-refractivity contribution in [2.24, 2.45) is 0 Å². The highest BCUT2D eigenvalue weighted by atomic mass is 35.5. The fourth-order valence-corrected chi connectivity index (χ4v) is 5.51. The summed E-state index contributed by atoms with van der Waals surface area (Å²) in [4.78, 5) is 29.2. The van der Waals surface area contributed by atoms with Crippen LogP contribution < -0.4 is 10.1 Å². The van der Waals surface area contributed by atoms with Gasteiger partial charge in [-0.1, -0.05) is 84.0 Å². The maximum absolute atomic E-state index is 13.8. The summed E-state index contributed by atoms with van der Waals surface area (Å²) in [6.45, 7) is 0.483. The summed E-state index contributed by atoms with van der Waals surface area (Å²) in [7, 11) is 0. The van der Waals surface area contributed by atoms with Gasteiger partial charge in [0, 0.05) is 46.1 Å². The number of carbonyl (C=O) groups is 2. The van der Waals surface area contributed by atoms with Crippen molar-refractivity contribution in [1.82, 2.24) is 10.2 Å². The molecular weight excluding hydrogens is 555 g/mol. The van der Waals surface area contributed by atoms with E-state index in [1.54, 1.807) is 47.4 Å². The van der Waals surface area contributed by atoms with E-state index in [0.29, 0.717) is 45.8 Å². The normalized spacial score (nSPS) is 14.1. The van der Waals surface area contributed by atoms with Crippen LogP contribution in [0.3, 0.4) is 0 Å². The Morgan fingerprint density at radius 2 is 1.56 bits per heavy atom. The van der Waals surface area contributed by atoms with Gasteiger partial charge < -0.3 is 15.0 Å². The summed E-state index contributed by atoms with van der Waals surface area (Å²) in [5.41, 5.74) is 1.59. The van der Waals surface area contributed by atoms with Crippen molar-refractivity contribution in [1.29, 1.82) is 0 Å². The molecule has 1 aliphatic carbocycles. The molecule has 4 rings (SSSR count). The number of hydrogen-bond acceptors (Lipinski definition) is 3. The summed E-state index contributed by atoms with van der Waals surface area (Å²) in [5.74, 6) is 0.373. The first-order valence-electron chi connectivity index (χ1n) is 13.4. The van der Waals surface area contributed by atoms with Crippen LogP contribution in [0, 0.1) is 0 Å². The van der Waals surface area contributed by atoms with Crippen molar-refractivity contribution in [3.63, 3.8) is 0 Å². The fraction of sp³-hybridized carbons (Fsp3) is 0.355. The van der Waals surface area contributed by atoms with Gasteiger partial charge in [0.1, 0.15) is 11.8 Å². The number of benzene rings is 3. The third kappa shape index (κ3) is 8.63. The van der Waals surface area contributed by atoms with E-state index < -0.39 is 6.04 Å². The van der Waals surface area contributed by atoms with E-state index in [4.69, 9.17) is 39.5 Å². The fourth-order valence-electron chi connectivity index (χ4n) is 4.86. The van der Waals surface area contributed by atoms with Gasteiger partial charge >= 0.3 is 0 Å². The highest BCUT2D eigenvalue weighted by Crippen LogP contribution is 2.28. The summed E-state index contributed by atoms with van der Waals surface area (Å²) in [6, 6.07) is 21.5. The van der Waals surface area contributed by atoms with Crippen LogP contribution in [-0.2, 0) is 22.6 Å². The van der Waals surface area contributed by atoms with Gasteiger partial charge in [-0.05, 0) is 61.2 Å². The highest BCUT2D eigenvalue weighted by molar-refractivity contribution is 6.36. The molecule has 0 aromatic heterocycles. The lowest BCUT2D eigenvalue weighted by atomic mass is 10.0. The zero-order valence-electron chi connectivity index (χ0n) is 21.8. The van der Waals surface area contributed by atoms with Crippen molar-refractivity contribution < 1.29 is 14.3 Å². The number of amides is 2. The lowest BCUT2D eigenvalue weighted by Crippen LogP contribution is -2.52. The van der Waals surface area contributed by atoms with Crippen LogP contribution in [0.2, 0.25) is 15.1 Å². The zero-order valence-corrected chi connectivity index (χ0v) is 24.0. The Labute approximate surface area is 245 Å². The van der Waals surface area contributed by atoms with Gasteiger partial charge in [-0.2, -0.15) is 0 Å². The summed E-state index contributed by atoms with van der Waals surface area (Å²) >= 11 is 19.0. The number of carbonyl (C=O) groups excluding carboxylic acids is 2. The van der Waals surface area contributed by atoms with Crippen molar-refractivity contribution in [3.8, 4) is 5.75 Å². The van der Waals surface area contributed by atoms with E-state index in [-0.39, 0.29) is 30.8 Å². The first-order valence-corrected chi connectivity index (χ1v) is 14.5. The molecule has 2 amide bonds. The summed E-state index contributed by atoms with van der Waals surface area (Å²) in [6.07, 6.45) is 5.18. The second kappa shape index (κ2) is 14.6. The molecule has 0 aliphatic heterocycles. The Kier molecular flexibility index (Phi) is 11.0. The van der Waals surface area contributed by atoms with Gasteiger partial charge in [0.2, 0.25) is 11.8 Å². The molecule has 0 spiro atoms. The number of hydrogen-bond donors (Lipinski definition) is 1. The molecule has 1 saturated carbocycles. The molecular formula is C31H33Cl3N2O3. The zero-order chi connectivity index (χ0) is 27.6. The molecule has 0 heterocycles. The third-order valence-corrected chi connectivity index (χ3v) is 7.94. The quantitative estimate of drug-likeness (QED) is 0.223. The molecule has 1 fully saturated rings.